The van der Waals surface area contributed by atoms with E-state index >= 15 is 0 Å². The fourth-order valence-electron chi connectivity index (χ4n) is 1.06. The molecular formula is C10H17NO6S. The lowest BCUT2D eigenvalue weighted by atomic mass is 10.3. The summed E-state index contributed by atoms with van der Waals surface area (Å²) >= 11 is 0. The van der Waals surface area contributed by atoms with Crippen LogP contribution in [0.5, 0.6) is 0 Å². The summed E-state index contributed by atoms with van der Waals surface area (Å²) in [6.45, 7) is 1.98. The molecule has 8 heteroatoms. The standard InChI is InChI=1S/C8H12NO.C2H6O5S/c1-8-4-2-3-5-9(8)6-7-10;3-1-2-7-8(4,5)6/h2-5,10H,6-7H2,1H3;3H,1-2H2,(H,4,5,6)/q+1;/p-1. The summed E-state index contributed by atoms with van der Waals surface area (Å²) in [4.78, 5) is 0. The minimum Gasteiger partial charge on any atom is -0.726 e. The Morgan fingerprint density at radius 1 is 1.33 bits per heavy atom. The maximum absolute atomic E-state index is 9.50. The van der Waals surface area contributed by atoms with Crippen molar-refractivity contribution in [1.82, 2.24) is 0 Å². The van der Waals surface area contributed by atoms with Gasteiger partial charge in [0.25, 0.3) is 0 Å². The highest BCUT2D eigenvalue weighted by Crippen LogP contribution is 1.86. The first-order valence-corrected chi connectivity index (χ1v) is 6.51. The van der Waals surface area contributed by atoms with Gasteiger partial charge in [0.15, 0.2) is 18.4 Å². The van der Waals surface area contributed by atoms with Crippen molar-refractivity contribution in [2.24, 2.45) is 0 Å². The maximum Gasteiger partial charge on any atom is 0.217 e. The smallest absolute Gasteiger partial charge is 0.217 e. The first kappa shape index (κ1) is 16.9. The molecule has 0 aliphatic rings. The minimum absolute atomic E-state index is 0.204. The molecule has 0 unspecified atom stereocenters. The zero-order valence-corrected chi connectivity index (χ0v) is 10.8. The number of aryl methyl sites for hydroxylation is 1. The molecule has 0 aromatic carbocycles. The second-order valence-corrected chi connectivity index (χ2v) is 4.27. The van der Waals surface area contributed by atoms with E-state index in [2.05, 4.69) is 4.18 Å². The van der Waals surface area contributed by atoms with E-state index in [1.165, 1.54) is 5.69 Å². The van der Waals surface area contributed by atoms with Gasteiger partial charge in [-0.25, -0.2) is 13.0 Å². The van der Waals surface area contributed by atoms with E-state index < -0.39 is 23.6 Å². The van der Waals surface area contributed by atoms with Gasteiger partial charge in [-0.05, 0) is 0 Å². The molecule has 0 fully saturated rings. The maximum atomic E-state index is 9.50. The first-order valence-electron chi connectivity index (χ1n) is 5.17. The molecule has 0 saturated carbocycles. The average molecular weight is 279 g/mol. The van der Waals surface area contributed by atoms with Gasteiger partial charge < -0.3 is 14.8 Å². The highest BCUT2D eigenvalue weighted by molar-refractivity contribution is 7.80. The number of aromatic nitrogens is 1. The predicted molar refractivity (Wildman–Crippen MR) is 61.2 cm³/mol. The van der Waals surface area contributed by atoms with Crippen molar-refractivity contribution in [1.29, 1.82) is 0 Å². The minimum atomic E-state index is -4.60. The van der Waals surface area contributed by atoms with Crippen molar-refractivity contribution in [3.63, 3.8) is 0 Å². The Kier molecular flexibility index (Phi) is 8.42. The molecule has 1 heterocycles. The van der Waals surface area contributed by atoms with Crippen LogP contribution in [-0.4, -0.2) is 43.0 Å². The van der Waals surface area contributed by atoms with E-state index in [1.54, 1.807) is 0 Å². The third-order valence-electron chi connectivity index (χ3n) is 1.83. The number of pyridine rings is 1. The van der Waals surface area contributed by atoms with Crippen LogP contribution in [-0.2, 0) is 21.1 Å². The van der Waals surface area contributed by atoms with E-state index in [1.807, 2.05) is 35.9 Å². The van der Waals surface area contributed by atoms with Gasteiger partial charge in [-0.15, -0.1) is 0 Å². The summed E-state index contributed by atoms with van der Waals surface area (Å²) in [6, 6.07) is 5.97. The molecule has 0 bridgehead atoms. The molecular weight excluding hydrogens is 262 g/mol. The van der Waals surface area contributed by atoms with Crippen LogP contribution in [0.4, 0.5) is 0 Å². The molecule has 0 aliphatic carbocycles. The molecule has 0 atom stereocenters. The van der Waals surface area contributed by atoms with E-state index in [0.717, 1.165) is 0 Å². The lowest BCUT2D eigenvalue weighted by Gasteiger charge is -2.03. The second-order valence-electron chi connectivity index (χ2n) is 3.21. The molecule has 7 nitrogen and oxygen atoms in total. The molecule has 1 aromatic rings. The quantitative estimate of drug-likeness (QED) is 0.395. The van der Waals surface area contributed by atoms with Crippen molar-refractivity contribution < 1.29 is 31.9 Å². The first-order chi connectivity index (χ1) is 8.40. The summed E-state index contributed by atoms with van der Waals surface area (Å²) in [7, 11) is -4.60. The van der Waals surface area contributed by atoms with Gasteiger partial charge in [-0.2, -0.15) is 0 Å². The Bertz CT molecular complexity index is 434. The largest absolute Gasteiger partial charge is 0.726 e. The lowest BCUT2D eigenvalue weighted by molar-refractivity contribution is -0.704. The average Bonchev–Trinajstić information content (AvgIpc) is 2.30. The fourth-order valence-corrected chi connectivity index (χ4v) is 1.34. The predicted octanol–water partition coefficient (Wildman–Crippen LogP) is -1.27. The fraction of sp³-hybridized carbons (Fsp3) is 0.500. The van der Waals surface area contributed by atoms with Gasteiger partial charge in [0.1, 0.15) is 6.61 Å². The van der Waals surface area contributed by atoms with Crippen LogP contribution in [0.2, 0.25) is 0 Å². The van der Waals surface area contributed by atoms with Gasteiger partial charge in [0, 0.05) is 19.1 Å². The number of rotatable bonds is 5. The van der Waals surface area contributed by atoms with Crippen molar-refractivity contribution in [3.8, 4) is 0 Å². The molecule has 104 valence electrons. The summed E-state index contributed by atoms with van der Waals surface area (Å²) in [6.07, 6.45) is 1.96. The van der Waals surface area contributed by atoms with Crippen LogP contribution in [0.1, 0.15) is 5.69 Å². The van der Waals surface area contributed by atoms with Crippen molar-refractivity contribution >= 4 is 10.4 Å². The Hall–Kier alpha value is -1.06. The molecule has 1 aromatic heterocycles. The SMILES string of the molecule is Cc1cccc[n+]1CCO.O=S(=O)([O-])OCCO. The van der Waals surface area contributed by atoms with Crippen molar-refractivity contribution in [2.45, 2.75) is 13.5 Å². The van der Waals surface area contributed by atoms with E-state index in [-0.39, 0.29) is 6.61 Å². The Balaban J connectivity index is 0.000000331. The van der Waals surface area contributed by atoms with Gasteiger partial charge in [-0.3, -0.25) is 4.18 Å². The van der Waals surface area contributed by atoms with Crippen LogP contribution in [0.25, 0.3) is 0 Å². The number of aliphatic hydroxyl groups is 2. The van der Waals surface area contributed by atoms with Crippen molar-refractivity contribution in [2.75, 3.05) is 19.8 Å². The number of aliphatic hydroxyl groups excluding tert-OH is 2. The van der Waals surface area contributed by atoms with Crippen LogP contribution >= 0.6 is 0 Å². The van der Waals surface area contributed by atoms with Crippen LogP contribution in [0.15, 0.2) is 24.4 Å². The summed E-state index contributed by atoms with van der Waals surface area (Å²) in [5.74, 6) is 0. The topological polar surface area (TPSA) is 111 Å². The van der Waals surface area contributed by atoms with E-state index in [4.69, 9.17) is 10.2 Å². The van der Waals surface area contributed by atoms with E-state index in [9.17, 15) is 13.0 Å². The summed E-state index contributed by atoms with van der Waals surface area (Å²) < 4.78 is 34.1. The molecule has 0 spiro atoms. The molecule has 0 aliphatic heterocycles. The molecule has 0 saturated heterocycles. The van der Waals surface area contributed by atoms with Crippen molar-refractivity contribution in [3.05, 3.63) is 30.1 Å². The summed E-state index contributed by atoms with van der Waals surface area (Å²) in [5.41, 5.74) is 1.18. The van der Waals surface area contributed by atoms with E-state index in [0.29, 0.717) is 6.54 Å². The van der Waals surface area contributed by atoms with Gasteiger partial charge in [-0.1, -0.05) is 6.07 Å². The monoisotopic (exact) mass is 279 g/mol. The third kappa shape index (κ3) is 9.02. The normalized spacial score (nSPS) is 10.7. The number of hydrogen-bond donors (Lipinski definition) is 2. The Morgan fingerprint density at radius 3 is 2.39 bits per heavy atom. The van der Waals surface area contributed by atoms with Crippen LogP contribution in [0, 0.1) is 6.92 Å². The zero-order chi connectivity index (χ0) is 14.0. The number of nitrogens with zero attached hydrogens (tertiary/aromatic N) is 1. The highest BCUT2D eigenvalue weighted by atomic mass is 32.3. The van der Waals surface area contributed by atoms with Crippen LogP contribution in [0.3, 0.4) is 0 Å². The van der Waals surface area contributed by atoms with Gasteiger partial charge >= 0.3 is 0 Å². The molecule has 0 radical (unpaired) electrons. The lowest BCUT2D eigenvalue weighted by Crippen LogP contribution is -2.37. The highest BCUT2D eigenvalue weighted by Gasteiger charge is 2.00. The number of hydrogen-bond acceptors (Lipinski definition) is 6. The Labute approximate surface area is 106 Å². The summed E-state index contributed by atoms with van der Waals surface area (Å²) in [5, 5.41) is 16.5. The molecule has 2 N–H and O–H groups in total. The third-order valence-corrected chi connectivity index (χ3v) is 2.28. The molecule has 18 heavy (non-hydrogen) atoms. The van der Waals surface area contributed by atoms with Crippen LogP contribution < -0.4 is 4.57 Å². The molecule has 0 amide bonds. The zero-order valence-electron chi connectivity index (χ0n) is 10.0. The molecule has 1 rings (SSSR count). The second kappa shape index (κ2) is 8.95. The van der Waals surface area contributed by atoms with Gasteiger partial charge in [0.05, 0.1) is 13.2 Å². The van der Waals surface area contributed by atoms with Gasteiger partial charge in [0.2, 0.25) is 10.4 Å². The Morgan fingerprint density at radius 2 is 2.00 bits per heavy atom.